The average Bonchev–Trinajstić information content (AvgIpc) is 3.41. The molecule has 0 spiro atoms. The number of primary amides is 1. The predicted octanol–water partition coefficient (Wildman–Crippen LogP) is 4.38. The fourth-order valence-corrected chi connectivity index (χ4v) is 4.42. The van der Waals surface area contributed by atoms with E-state index in [2.05, 4.69) is 15.4 Å². The molecule has 174 valence electrons. The van der Waals surface area contributed by atoms with E-state index in [1.165, 1.54) is 10.7 Å². The Morgan fingerprint density at radius 3 is 2.59 bits per heavy atom. The fraction of sp³-hybridized carbons (Fsp3) is 0.143. The van der Waals surface area contributed by atoms with Crippen molar-refractivity contribution in [3.63, 3.8) is 0 Å². The van der Waals surface area contributed by atoms with Crippen LogP contribution in [-0.2, 0) is 6.54 Å². The van der Waals surface area contributed by atoms with Gasteiger partial charge in [-0.05, 0) is 24.1 Å². The number of aromatic nitrogens is 3. The molecule has 1 aromatic carbocycles. The van der Waals surface area contributed by atoms with Crippen LogP contribution in [0.5, 0.6) is 0 Å². The Morgan fingerprint density at radius 1 is 1.29 bits per heavy atom. The smallest absolute Gasteiger partial charge is 0.320 e. The molecule has 2 amide bonds. The minimum Gasteiger partial charge on any atom is -0.365 e. The van der Waals surface area contributed by atoms with Crippen molar-refractivity contribution in [1.82, 2.24) is 14.8 Å². The summed E-state index contributed by atoms with van der Waals surface area (Å²) in [6, 6.07) is 9.65. The number of thiophene rings is 1. The molecule has 0 atom stereocenters. The van der Waals surface area contributed by atoms with Gasteiger partial charge < -0.3 is 11.1 Å². The van der Waals surface area contributed by atoms with E-state index in [-0.39, 0.29) is 32.9 Å². The van der Waals surface area contributed by atoms with Gasteiger partial charge in [-0.25, -0.2) is 13.8 Å². The number of hydrogen-bond donors (Lipinski definition) is 2. The van der Waals surface area contributed by atoms with E-state index in [9.17, 15) is 28.5 Å². The molecule has 0 bridgehead atoms. The maximum atomic E-state index is 13.6. The van der Waals surface area contributed by atoms with Crippen LogP contribution in [0.4, 0.5) is 20.2 Å². The summed E-state index contributed by atoms with van der Waals surface area (Å²) < 4.78 is 28.3. The van der Waals surface area contributed by atoms with E-state index in [1.807, 2.05) is 0 Å². The first-order valence-electron chi connectivity index (χ1n) is 9.85. The van der Waals surface area contributed by atoms with E-state index in [4.69, 9.17) is 5.73 Å². The number of amides is 2. The predicted molar refractivity (Wildman–Crippen MR) is 121 cm³/mol. The molecule has 0 saturated heterocycles. The van der Waals surface area contributed by atoms with Gasteiger partial charge in [-0.2, -0.15) is 5.10 Å². The number of nitrogens with one attached hydrogen (secondary N) is 1. The lowest BCUT2D eigenvalue weighted by Crippen LogP contribution is -2.18. The monoisotopic (exact) mass is 486 g/mol. The molecular formula is C21H16F2N6O4S. The van der Waals surface area contributed by atoms with Crippen LogP contribution < -0.4 is 11.1 Å². The van der Waals surface area contributed by atoms with Crippen LogP contribution in [0, 0.1) is 10.1 Å². The largest absolute Gasteiger partial charge is 0.365 e. The third kappa shape index (κ3) is 4.08. The zero-order valence-corrected chi connectivity index (χ0v) is 18.3. The van der Waals surface area contributed by atoms with Gasteiger partial charge >= 0.3 is 5.69 Å². The number of aryl methyl sites for hydroxylation is 1. The number of halogens is 2. The molecule has 0 aliphatic heterocycles. The van der Waals surface area contributed by atoms with Gasteiger partial charge in [0.25, 0.3) is 18.2 Å². The zero-order valence-electron chi connectivity index (χ0n) is 17.5. The summed E-state index contributed by atoms with van der Waals surface area (Å²) in [4.78, 5) is 39.7. The topological polar surface area (TPSA) is 146 Å². The number of fused-ring (bicyclic) bond motifs is 1. The summed E-state index contributed by atoms with van der Waals surface area (Å²) in [6.07, 6.45) is -1.77. The molecule has 13 heteroatoms. The zero-order chi connectivity index (χ0) is 24.6. The summed E-state index contributed by atoms with van der Waals surface area (Å²) in [5.74, 6) is -1.89. The first kappa shape index (κ1) is 22.9. The Morgan fingerprint density at radius 2 is 2.00 bits per heavy atom. The summed E-state index contributed by atoms with van der Waals surface area (Å²) >= 11 is 0.737. The van der Waals surface area contributed by atoms with E-state index in [0.29, 0.717) is 5.56 Å². The second-order valence-corrected chi connectivity index (χ2v) is 8.04. The number of nitrogens with zero attached hydrogens (tertiary/aromatic N) is 4. The molecule has 4 aromatic rings. The molecule has 4 rings (SSSR count). The molecule has 0 radical (unpaired) electrons. The molecule has 0 unspecified atom stereocenters. The molecule has 34 heavy (non-hydrogen) atoms. The Kier molecular flexibility index (Phi) is 6.03. The molecule has 0 saturated carbocycles. The van der Waals surface area contributed by atoms with Crippen LogP contribution in [0.25, 0.3) is 21.3 Å². The van der Waals surface area contributed by atoms with E-state index >= 15 is 0 Å². The summed E-state index contributed by atoms with van der Waals surface area (Å²) in [5.41, 5.74) is 4.72. The molecule has 0 aliphatic carbocycles. The van der Waals surface area contributed by atoms with Crippen molar-refractivity contribution in [1.29, 1.82) is 0 Å². The highest BCUT2D eigenvalue weighted by atomic mass is 32.1. The Labute approximate surface area is 194 Å². The number of rotatable bonds is 7. The van der Waals surface area contributed by atoms with Crippen molar-refractivity contribution in [3.05, 3.63) is 69.0 Å². The standard InChI is InChI=1S/C21H16F2N6O4S/c1-2-28-9-13(29(32)33)15(27-28)20(31)26-16-14-11(10-6-4-3-5-7-10)8-12(18(22)23)25-21(14)34-17(16)19(24)30/h3-9,18H,2H2,1H3,(H2,24,30)(H,26,31). The van der Waals surface area contributed by atoms with Gasteiger partial charge in [-0.3, -0.25) is 24.4 Å². The van der Waals surface area contributed by atoms with Gasteiger partial charge in [0.2, 0.25) is 5.69 Å². The molecular weight excluding hydrogens is 470 g/mol. The van der Waals surface area contributed by atoms with Crippen LogP contribution in [0.2, 0.25) is 0 Å². The number of carbonyl (C=O) groups is 2. The number of nitro groups is 1. The van der Waals surface area contributed by atoms with Crippen LogP contribution in [0.3, 0.4) is 0 Å². The first-order chi connectivity index (χ1) is 16.2. The number of carbonyl (C=O) groups excluding carboxylic acids is 2. The molecule has 3 aromatic heterocycles. The lowest BCUT2D eigenvalue weighted by molar-refractivity contribution is -0.385. The van der Waals surface area contributed by atoms with E-state index < -0.39 is 40.2 Å². The number of benzene rings is 1. The number of nitrogens with two attached hydrogens (primary N) is 1. The number of anilines is 1. The summed E-state index contributed by atoms with van der Waals surface area (Å²) in [6.45, 7) is 1.97. The number of pyridine rings is 1. The van der Waals surface area contributed by atoms with Gasteiger partial charge in [-0.1, -0.05) is 30.3 Å². The first-order valence-corrected chi connectivity index (χ1v) is 10.7. The third-order valence-corrected chi connectivity index (χ3v) is 6.03. The van der Waals surface area contributed by atoms with Gasteiger partial charge in [-0.15, -0.1) is 11.3 Å². The molecule has 3 N–H and O–H groups in total. The maximum Gasteiger partial charge on any atom is 0.320 e. The second kappa shape index (κ2) is 8.94. The quantitative estimate of drug-likeness (QED) is 0.293. The van der Waals surface area contributed by atoms with Crippen molar-refractivity contribution < 1.29 is 23.3 Å². The molecule has 10 nitrogen and oxygen atoms in total. The lowest BCUT2D eigenvalue weighted by Gasteiger charge is -2.10. The van der Waals surface area contributed by atoms with Crippen molar-refractivity contribution >= 4 is 44.7 Å². The molecule has 0 fully saturated rings. The Hall–Kier alpha value is -4.26. The van der Waals surface area contributed by atoms with Gasteiger partial charge in [0.1, 0.15) is 21.6 Å². The highest BCUT2D eigenvalue weighted by Gasteiger charge is 2.29. The second-order valence-electron chi connectivity index (χ2n) is 7.04. The third-order valence-electron chi connectivity index (χ3n) is 4.93. The van der Waals surface area contributed by atoms with Gasteiger partial charge in [0.05, 0.1) is 10.6 Å². The van der Waals surface area contributed by atoms with Crippen molar-refractivity contribution in [3.8, 4) is 11.1 Å². The van der Waals surface area contributed by atoms with Crippen LogP contribution in [0.1, 0.15) is 39.2 Å². The van der Waals surface area contributed by atoms with E-state index in [1.54, 1.807) is 37.3 Å². The van der Waals surface area contributed by atoms with Gasteiger partial charge in [0.15, 0.2) is 0 Å². The van der Waals surface area contributed by atoms with Gasteiger partial charge in [0, 0.05) is 11.9 Å². The minimum absolute atomic E-state index is 0.0503. The summed E-state index contributed by atoms with van der Waals surface area (Å²) in [5, 5.41) is 18.0. The normalized spacial score (nSPS) is 11.2. The highest BCUT2D eigenvalue weighted by Crippen LogP contribution is 2.42. The Balaban J connectivity index is 1.94. The maximum absolute atomic E-state index is 13.6. The highest BCUT2D eigenvalue weighted by molar-refractivity contribution is 7.21. The minimum atomic E-state index is -2.88. The van der Waals surface area contributed by atoms with Crippen LogP contribution >= 0.6 is 11.3 Å². The molecule has 3 heterocycles. The SMILES string of the molecule is CCn1cc([N+](=O)[O-])c(C(=O)Nc2c(C(N)=O)sc3nc(C(F)F)cc(-c4ccccc4)c23)n1. The summed E-state index contributed by atoms with van der Waals surface area (Å²) in [7, 11) is 0. The number of alkyl halides is 2. The Bertz CT molecular complexity index is 1430. The average molecular weight is 486 g/mol. The van der Waals surface area contributed by atoms with Crippen molar-refractivity contribution in [2.24, 2.45) is 5.73 Å². The van der Waals surface area contributed by atoms with Crippen LogP contribution in [-0.4, -0.2) is 31.5 Å². The van der Waals surface area contributed by atoms with Crippen LogP contribution in [0.15, 0.2) is 42.6 Å². The van der Waals surface area contributed by atoms with Crippen molar-refractivity contribution in [2.75, 3.05) is 5.32 Å². The fourth-order valence-electron chi connectivity index (χ4n) is 3.41. The van der Waals surface area contributed by atoms with E-state index in [0.717, 1.165) is 17.5 Å². The lowest BCUT2D eigenvalue weighted by atomic mass is 10.0. The van der Waals surface area contributed by atoms with Crippen molar-refractivity contribution in [2.45, 2.75) is 19.9 Å². The molecule has 0 aliphatic rings. The number of hydrogen-bond acceptors (Lipinski definition) is 7.